The standard InChI is InChI=1S/C25H28Cl2N4O4S/c1-16-5-6-17-14-18(7-9-21(17)29-16)35-15-19-20(26)8-10-23(24(19)27)36(33,34)31-12-3-4-22(31)25(32)30(2)13-11-28/h5-10,14,22H,3-4,11-13,15,28H2,1-2H3/t22-/m0/s1. The highest BCUT2D eigenvalue weighted by Gasteiger charge is 2.41. The summed E-state index contributed by atoms with van der Waals surface area (Å²) in [4.78, 5) is 18.7. The third kappa shape index (κ3) is 5.31. The summed E-state index contributed by atoms with van der Waals surface area (Å²) in [6, 6.07) is 11.4. The zero-order chi connectivity index (χ0) is 26.0. The lowest BCUT2D eigenvalue weighted by Crippen LogP contribution is -2.47. The molecule has 36 heavy (non-hydrogen) atoms. The Morgan fingerprint density at radius 2 is 2.00 bits per heavy atom. The Bertz CT molecular complexity index is 1400. The van der Waals surface area contributed by atoms with Gasteiger partial charge in [-0.25, -0.2) is 8.42 Å². The summed E-state index contributed by atoms with van der Waals surface area (Å²) in [7, 11) is -2.45. The van der Waals surface area contributed by atoms with E-state index in [4.69, 9.17) is 33.7 Å². The van der Waals surface area contributed by atoms with E-state index in [0.29, 0.717) is 37.2 Å². The van der Waals surface area contributed by atoms with Gasteiger partial charge in [0.1, 0.15) is 23.3 Å². The molecule has 8 nitrogen and oxygen atoms in total. The maximum atomic E-state index is 13.6. The van der Waals surface area contributed by atoms with Crippen molar-refractivity contribution in [2.75, 3.05) is 26.7 Å². The van der Waals surface area contributed by atoms with Gasteiger partial charge in [0.15, 0.2) is 0 Å². The number of nitrogens with zero attached hydrogens (tertiary/aromatic N) is 3. The Morgan fingerprint density at radius 1 is 1.22 bits per heavy atom. The first-order valence-electron chi connectivity index (χ1n) is 11.6. The molecule has 1 saturated heterocycles. The first-order chi connectivity index (χ1) is 17.1. The highest BCUT2D eigenvalue weighted by Crippen LogP contribution is 2.36. The van der Waals surface area contributed by atoms with Crippen LogP contribution >= 0.6 is 23.2 Å². The summed E-state index contributed by atoms with van der Waals surface area (Å²) in [6.07, 6.45) is 1.01. The van der Waals surface area contributed by atoms with Crippen LogP contribution in [0.1, 0.15) is 24.1 Å². The second-order valence-electron chi connectivity index (χ2n) is 8.76. The second kappa shape index (κ2) is 10.9. The first-order valence-corrected chi connectivity index (χ1v) is 13.8. The number of carbonyl (C=O) groups is 1. The monoisotopic (exact) mass is 550 g/mol. The number of nitrogens with two attached hydrogens (primary N) is 1. The van der Waals surface area contributed by atoms with Gasteiger partial charge >= 0.3 is 0 Å². The number of hydrogen-bond acceptors (Lipinski definition) is 6. The summed E-state index contributed by atoms with van der Waals surface area (Å²) in [5, 5.41) is 1.18. The Hall–Kier alpha value is -2.43. The molecule has 192 valence electrons. The zero-order valence-electron chi connectivity index (χ0n) is 20.1. The fraction of sp³-hybridized carbons (Fsp3) is 0.360. The normalized spacial score (nSPS) is 16.4. The van der Waals surface area contributed by atoms with Crippen molar-refractivity contribution < 1.29 is 17.9 Å². The van der Waals surface area contributed by atoms with Crippen LogP contribution in [0.15, 0.2) is 47.4 Å². The molecule has 0 saturated carbocycles. The highest BCUT2D eigenvalue weighted by molar-refractivity contribution is 7.89. The quantitative estimate of drug-likeness (QED) is 0.454. The van der Waals surface area contributed by atoms with Crippen molar-refractivity contribution in [2.45, 2.75) is 37.3 Å². The number of ether oxygens (including phenoxy) is 1. The van der Waals surface area contributed by atoms with Crippen molar-refractivity contribution in [3.8, 4) is 5.75 Å². The molecule has 3 aromatic rings. The van der Waals surface area contributed by atoms with E-state index in [1.54, 1.807) is 13.1 Å². The molecule has 2 N–H and O–H groups in total. The Labute approximate surface area is 221 Å². The van der Waals surface area contributed by atoms with Gasteiger partial charge < -0.3 is 15.4 Å². The third-order valence-electron chi connectivity index (χ3n) is 6.25. The van der Waals surface area contributed by atoms with Crippen molar-refractivity contribution in [3.05, 3.63) is 63.8 Å². The molecule has 0 radical (unpaired) electrons. The van der Waals surface area contributed by atoms with Crippen molar-refractivity contribution in [3.63, 3.8) is 0 Å². The van der Waals surface area contributed by atoms with E-state index < -0.39 is 16.1 Å². The molecular weight excluding hydrogens is 523 g/mol. The lowest BCUT2D eigenvalue weighted by atomic mass is 10.2. The number of carbonyl (C=O) groups excluding carboxylic acids is 1. The average molecular weight is 551 g/mol. The van der Waals surface area contributed by atoms with E-state index in [-0.39, 0.29) is 34.0 Å². The lowest BCUT2D eigenvalue weighted by Gasteiger charge is -2.27. The largest absolute Gasteiger partial charge is 0.489 e. The van der Waals surface area contributed by atoms with E-state index in [1.807, 2.05) is 31.2 Å². The summed E-state index contributed by atoms with van der Waals surface area (Å²) >= 11 is 13.0. The van der Waals surface area contributed by atoms with Crippen molar-refractivity contribution in [2.24, 2.45) is 5.73 Å². The van der Waals surface area contributed by atoms with Crippen molar-refractivity contribution >= 4 is 50.0 Å². The van der Waals surface area contributed by atoms with Crippen LogP contribution in [0.3, 0.4) is 0 Å². The lowest BCUT2D eigenvalue weighted by molar-refractivity contribution is -0.133. The number of amides is 1. The number of pyridine rings is 1. The number of likely N-dealkylation sites (N-methyl/N-ethyl adjacent to an activating group) is 1. The number of aryl methyl sites for hydroxylation is 1. The van der Waals surface area contributed by atoms with Crippen LogP contribution in [-0.4, -0.2) is 61.2 Å². The molecule has 1 aliphatic heterocycles. The van der Waals surface area contributed by atoms with Crippen molar-refractivity contribution in [1.82, 2.24) is 14.2 Å². The SMILES string of the molecule is Cc1ccc2cc(OCc3c(Cl)ccc(S(=O)(=O)N4CCC[C@H]4C(=O)N(C)CCN)c3Cl)ccc2n1. The second-order valence-corrected chi connectivity index (χ2v) is 11.4. The number of sulfonamides is 1. The van der Waals surface area contributed by atoms with E-state index >= 15 is 0 Å². The number of halogens is 2. The number of hydrogen-bond donors (Lipinski definition) is 1. The van der Waals surface area contributed by atoms with Gasteiger partial charge in [0.25, 0.3) is 0 Å². The Morgan fingerprint density at radius 3 is 2.75 bits per heavy atom. The molecule has 11 heteroatoms. The van der Waals surface area contributed by atoms with Crippen LogP contribution in [0, 0.1) is 6.92 Å². The number of rotatable bonds is 8. The molecule has 1 amide bonds. The predicted molar refractivity (Wildman–Crippen MR) is 141 cm³/mol. The first kappa shape index (κ1) is 26.6. The van der Waals surface area contributed by atoms with E-state index in [2.05, 4.69) is 4.98 Å². The van der Waals surface area contributed by atoms with Gasteiger partial charge in [-0.3, -0.25) is 9.78 Å². The molecule has 2 heterocycles. The summed E-state index contributed by atoms with van der Waals surface area (Å²) in [6.45, 7) is 2.75. The maximum Gasteiger partial charge on any atom is 0.245 e. The van der Waals surface area contributed by atoms with Gasteiger partial charge in [-0.1, -0.05) is 29.3 Å². The van der Waals surface area contributed by atoms with Crippen LogP contribution in [0.2, 0.25) is 10.0 Å². The van der Waals surface area contributed by atoms with Crippen LogP contribution < -0.4 is 10.5 Å². The van der Waals surface area contributed by atoms with Crippen molar-refractivity contribution in [1.29, 1.82) is 0 Å². The fourth-order valence-corrected chi connectivity index (χ4v) is 6.83. The summed E-state index contributed by atoms with van der Waals surface area (Å²) in [5.41, 5.74) is 7.67. The molecule has 1 aromatic heterocycles. The fourth-order valence-electron chi connectivity index (χ4n) is 4.32. The van der Waals surface area contributed by atoms with E-state index in [0.717, 1.165) is 16.6 Å². The van der Waals surface area contributed by atoms with Gasteiger partial charge in [0.05, 0.1) is 10.5 Å². The molecule has 0 unspecified atom stereocenters. The van der Waals surface area contributed by atoms with Crippen LogP contribution in [0.25, 0.3) is 10.9 Å². The Balaban J connectivity index is 1.59. The minimum atomic E-state index is -4.07. The molecule has 0 aliphatic carbocycles. The maximum absolute atomic E-state index is 13.6. The van der Waals surface area contributed by atoms with Crippen LogP contribution in [-0.2, 0) is 21.4 Å². The van der Waals surface area contributed by atoms with Crippen LogP contribution in [0.4, 0.5) is 0 Å². The van der Waals surface area contributed by atoms with Gasteiger partial charge in [-0.15, -0.1) is 0 Å². The summed E-state index contributed by atoms with van der Waals surface area (Å²) in [5.74, 6) is 0.290. The molecule has 4 rings (SSSR count). The molecule has 0 bridgehead atoms. The average Bonchev–Trinajstić information content (AvgIpc) is 3.34. The predicted octanol–water partition coefficient (Wildman–Crippen LogP) is 4.00. The minimum Gasteiger partial charge on any atom is -0.489 e. The number of fused-ring (bicyclic) bond motifs is 1. The minimum absolute atomic E-state index is 0.0195. The van der Waals surface area contributed by atoms with E-state index in [9.17, 15) is 13.2 Å². The topological polar surface area (TPSA) is 106 Å². The molecule has 1 aliphatic rings. The third-order valence-corrected chi connectivity index (χ3v) is 9.10. The number of aromatic nitrogens is 1. The molecule has 0 spiro atoms. The number of benzene rings is 2. The van der Waals surface area contributed by atoms with Gasteiger partial charge in [-0.2, -0.15) is 4.31 Å². The van der Waals surface area contributed by atoms with Gasteiger partial charge in [0.2, 0.25) is 15.9 Å². The molecule has 1 fully saturated rings. The van der Waals surface area contributed by atoms with Crippen LogP contribution in [0.5, 0.6) is 5.75 Å². The smallest absolute Gasteiger partial charge is 0.245 e. The van der Waals surface area contributed by atoms with Gasteiger partial charge in [0, 0.05) is 48.3 Å². The molecule has 1 atom stereocenters. The molecule has 2 aromatic carbocycles. The highest BCUT2D eigenvalue weighted by atomic mass is 35.5. The van der Waals surface area contributed by atoms with E-state index in [1.165, 1.54) is 21.3 Å². The van der Waals surface area contributed by atoms with Gasteiger partial charge in [-0.05, 0) is 56.2 Å². The Kier molecular flexibility index (Phi) is 8.06. The summed E-state index contributed by atoms with van der Waals surface area (Å²) < 4.78 is 34.4. The molecular formula is C25H28Cl2N4O4S. The zero-order valence-corrected chi connectivity index (χ0v) is 22.4.